The molecule has 3 atom stereocenters. The van der Waals surface area contributed by atoms with E-state index in [1.54, 1.807) is 0 Å². The number of hydrogen-bond acceptors (Lipinski definition) is 10. The summed E-state index contributed by atoms with van der Waals surface area (Å²) in [4.78, 5) is 71.0. The lowest BCUT2D eigenvalue weighted by molar-refractivity contribution is -0.152. The van der Waals surface area contributed by atoms with E-state index in [9.17, 15) is 39.0 Å². The van der Waals surface area contributed by atoms with Gasteiger partial charge in [-0.05, 0) is 31.0 Å². The van der Waals surface area contributed by atoms with Crippen molar-refractivity contribution in [2.24, 2.45) is 5.73 Å². The van der Waals surface area contributed by atoms with Gasteiger partial charge in [-0.1, -0.05) is 12.1 Å². The number of ketones is 1. The third kappa shape index (κ3) is 11.2. The molecule has 0 aliphatic rings. The molecule has 3 unspecified atom stereocenters. The summed E-state index contributed by atoms with van der Waals surface area (Å²) < 4.78 is 4.60. The minimum atomic E-state index is -1.38. The highest BCUT2D eigenvalue weighted by Gasteiger charge is 2.28. The van der Waals surface area contributed by atoms with E-state index >= 15 is 0 Å². The average molecular weight is 528 g/mol. The van der Waals surface area contributed by atoms with E-state index in [-0.39, 0.29) is 43.1 Å². The van der Waals surface area contributed by atoms with Gasteiger partial charge < -0.3 is 36.4 Å². The van der Waals surface area contributed by atoms with Gasteiger partial charge in [0.15, 0.2) is 0 Å². The van der Waals surface area contributed by atoms with Gasteiger partial charge in [-0.25, -0.2) is 9.59 Å². The summed E-state index contributed by atoms with van der Waals surface area (Å²) in [6, 6.07) is 1.71. The fourth-order valence-electron chi connectivity index (χ4n) is 2.74. The van der Waals surface area contributed by atoms with E-state index in [0.29, 0.717) is 5.56 Å². The fourth-order valence-corrected chi connectivity index (χ4v) is 3.63. The number of aliphatic carboxylic acids is 2. The first-order valence-corrected chi connectivity index (χ1v) is 12.0. The molecule has 0 aliphatic carbocycles. The topological polar surface area (TPSA) is 222 Å². The molecule has 0 fully saturated rings. The Morgan fingerprint density at radius 3 is 2.19 bits per heavy atom. The van der Waals surface area contributed by atoms with Crippen molar-refractivity contribution >= 4 is 47.3 Å². The molecule has 2 amide bonds. The van der Waals surface area contributed by atoms with Crippen LogP contribution in [0.5, 0.6) is 5.75 Å². The number of nitrogens with two attached hydrogens (primary N) is 1. The van der Waals surface area contributed by atoms with E-state index in [1.807, 2.05) is 0 Å². The van der Waals surface area contributed by atoms with Crippen LogP contribution in [0.25, 0.3) is 0 Å². The summed E-state index contributed by atoms with van der Waals surface area (Å²) >= 11 is 0.844. The second-order valence-electron chi connectivity index (χ2n) is 7.53. The normalized spacial score (nSPS) is 13.1. The smallest absolute Gasteiger partial charge is 0.375 e. The number of phenols is 1. The summed E-state index contributed by atoms with van der Waals surface area (Å²) in [5.74, 6) is -6.69. The average Bonchev–Trinajstić information content (AvgIpc) is 2.82. The number of thioether (sulfide) groups is 1. The van der Waals surface area contributed by atoms with Crippen molar-refractivity contribution in [2.45, 2.75) is 44.3 Å². The van der Waals surface area contributed by atoms with Crippen LogP contribution >= 0.6 is 11.8 Å². The Kier molecular flexibility index (Phi) is 13.0. The van der Waals surface area contributed by atoms with E-state index in [2.05, 4.69) is 15.4 Å². The van der Waals surface area contributed by atoms with Gasteiger partial charge in [-0.3, -0.25) is 19.2 Å². The Labute approximate surface area is 210 Å². The number of carboxylic acid groups (broad SMARTS) is 2. The molecule has 14 heteroatoms. The van der Waals surface area contributed by atoms with E-state index in [0.717, 1.165) is 11.8 Å². The summed E-state index contributed by atoms with van der Waals surface area (Å²) in [7, 11) is 0. The van der Waals surface area contributed by atoms with Crippen LogP contribution in [-0.4, -0.2) is 87.1 Å². The van der Waals surface area contributed by atoms with Crippen molar-refractivity contribution in [3.05, 3.63) is 29.8 Å². The van der Waals surface area contributed by atoms with Gasteiger partial charge >= 0.3 is 17.9 Å². The molecule has 0 aromatic heterocycles. The Bertz CT molecular complexity index is 954. The van der Waals surface area contributed by atoms with Gasteiger partial charge in [0.1, 0.15) is 23.9 Å². The van der Waals surface area contributed by atoms with Gasteiger partial charge in [-0.2, -0.15) is 11.8 Å². The van der Waals surface area contributed by atoms with Crippen molar-refractivity contribution in [1.29, 1.82) is 0 Å². The zero-order valence-corrected chi connectivity index (χ0v) is 20.3. The summed E-state index contributed by atoms with van der Waals surface area (Å²) in [5, 5.41) is 32.5. The molecule has 36 heavy (non-hydrogen) atoms. The van der Waals surface area contributed by atoms with E-state index < -0.39 is 53.6 Å². The second kappa shape index (κ2) is 15.4. The Balaban J connectivity index is 2.88. The summed E-state index contributed by atoms with van der Waals surface area (Å²) in [6.07, 6.45) is -0.647. The third-order valence-electron chi connectivity index (χ3n) is 4.66. The maximum absolute atomic E-state index is 12.9. The maximum atomic E-state index is 12.9. The molecular weight excluding hydrogens is 498 g/mol. The molecule has 7 N–H and O–H groups in total. The number of amides is 2. The monoisotopic (exact) mass is 527 g/mol. The molecule has 0 heterocycles. The first-order chi connectivity index (χ1) is 16.9. The number of carbonyl (C=O) groups excluding carboxylic acids is 4. The number of carbonyl (C=O) groups is 6. The fraction of sp³-hybridized carbons (Fsp3) is 0.455. The molecule has 0 radical (unpaired) electrons. The van der Waals surface area contributed by atoms with Crippen LogP contribution < -0.4 is 16.4 Å². The molecule has 1 rings (SSSR count). The largest absolute Gasteiger partial charge is 0.508 e. The Morgan fingerprint density at radius 2 is 1.64 bits per heavy atom. The number of rotatable bonds is 16. The highest BCUT2D eigenvalue weighted by molar-refractivity contribution is 8.00. The molecule has 1 aromatic carbocycles. The number of ether oxygens (including phenoxy) is 1. The number of hydrogen-bond donors (Lipinski definition) is 6. The number of carboxylic acids is 2. The predicted octanol–water partition coefficient (Wildman–Crippen LogP) is -0.954. The minimum Gasteiger partial charge on any atom is -0.508 e. The highest BCUT2D eigenvalue weighted by Crippen LogP contribution is 2.12. The van der Waals surface area contributed by atoms with Crippen LogP contribution in [0, 0.1) is 0 Å². The zero-order chi connectivity index (χ0) is 27.3. The molecule has 0 bridgehead atoms. The Morgan fingerprint density at radius 1 is 1.00 bits per heavy atom. The first kappa shape index (κ1) is 30.4. The lowest BCUT2D eigenvalue weighted by atomic mass is 10.1. The van der Waals surface area contributed by atoms with Crippen LogP contribution in [0.4, 0.5) is 0 Å². The van der Waals surface area contributed by atoms with Crippen LogP contribution in [-0.2, 0) is 39.9 Å². The van der Waals surface area contributed by atoms with Gasteiger partial charge in [0.25, 0.3) is 0 Å². The van der Waals surface area contributed by atoms with E-state index in [4.69, 9.17) is 10.8 Å². The molecule has 0 saturated heterocycles. The van der Waals surface area contributed by atoms with Gasteiger partial charge in [0.2, 0.25) is 17.6 Å². The zero-order valence-electron chi connectivity index (χ0n) is 19.5. The first-order valence-electron chi connectivity index (χ1n) is 10.8. The van der Waals surface area contributed by atoms with Crippen LogP contribution in [0.1, 0.15) is 25.3 Å². The predicted molar refractivity (Wildman–Crippen MR) is 127 cm³/mol. The summed E-state index contributed by atoms with van der Waals surface area (Å²) in [5.41, 5.74) is 5.89. The van der Waals surface area contributed by atoms with Crippen molar-refractivity contribution in [3.63, 3.8) is 0 Å². The molecule has 0 saturated carbocycles. The second-order valence-corrected chi connectivity index (χ2v) is 8.56. The SMILES string of the molecule is CCOC(=O)C(=O)CSCC(NC(=O)CCC(N)C(=O)O)C(=O)NC(Cc1ccc(O)cc1)C(=O)O. The van der Waals surface area contributed by atoms with Crippen molar-refractivity contribution in [2.75, 3.05) is 18.1 Å². The van der Waals surface area contributed by atoms with Gasteiger partial charge in [0, 0.05) is 18.6 Å². The van der Waals surface area contributed by atoms with Crippen LogP contribution in [0.2, 0.25) is 0 Å². The molecule has 0 aliphatic heterocycles. The van der Waals surface area contributed by atoms with Crippen molar-refractivity contribution in [1.82, 2.24) is 10.6 Å². The highest BCUT2D eigenvalue weighted by atomic mass is 32.2. The standard InChI is InChI=1S/C22H29N3O10S/c1-2-35-22(34)17(27)11-36-10-16(24-18(28)8-7-14(23)20(30)31)19(29)25-15(21(32)33)9-12-3-5-13(26)6-4-12/h3-6,14-16,26H,2,7-11,23H2,1H3,(H,24,28)(H,25,29)(H,30,31)(H,32,33). The lowest BCUT2D eigenvalue weighted by Gasteiger charge is -2.21. The lowest BCUT2D eigenvalue weighted by Crippen LogP contribution is -2.53. The minimum absolute atomic E-state index is 0.00637. The number of nitrogens with one attached hydrogen (secondary N) is 2. The molecule has 198 valence electrons. The Hall–Kier alpha value is -3.65. The number of benzene rings is 1. The number of Topliss-reactive ketones (excluding diaryl/α,β-unsaturated/α-hetero) is 1. The number of esters is 1. The molecular formula is C22H29N3O10S. The maximum Gasteiger partial charge on any atom is 0.375 e. The van der Waals surface area contributed by atoms with Gasteiger partial charge in [0.05, 0.1) is 12.4 Å². The van der Waals surface area contributed by atoms with Crippen LogP contribution in [0.15, 0.2) is 24.3 Å². The van der Waals surface area contributed by atoms with Gasteiger partial charge in [-0.15, -0.1) is 0 Å². The molecule has 1 aromatic rings. The molecule has 0 spiro atoms. The van der Waals surface area contributed by atoms with Crippen LogP contribution in [0.3, 0.4) is 0 Å². The number of phenolic OH excluding ortho intramolecular Hbond substituents is 1. The molecule has 13 nitrogen and oxygen atoms in total. The van der Waals surface area contributed by atoms with E-state index in [1.165, 1.54) is 31.2 Å². The quantitative estimate of drug-likeness (QED) is 0.113. The number of aromatic hydroxyl groups is 1. The third-order valence-corrected chi connectivity index (χ3v) is 5.70. The summed E-state index contributed by atoms with van der Waals surface area (Å²) in [6.45, 7) is 1.54. The van der Waals surface area contributed by atoms with Crippen molar-refractivity contribution < 1.29 is 48.8 Å². The van der Waals surface area contributed by atoms with Crippen molar-refractivity contribution in [3.8, 4) is 5.75 Å².